The van der Waals surface area contributed by atoms with E-state index in [0.717, 1.165) is 42.6 Å². The summed E-state index contributed by atoms with van der Waals surface area (Å²) in [5.41, 5.74) is 0.583. The number of rotatable bonds is 3. The molecule has 3 nitrogen and oxygen atoms in total. The Balaban J connectivity index is 2.11. The third-order valence-electron chi connectivity index (χ3n) is 3.62. The van der Waals surface area contributed by atoms with Crippen molar-refractivity contribution in [3.63, 3.8) is 0 Å². The van der Waals surface area contributed by atoms with E-state index in [2.05, 4.69) is 39.1 Å². The molecule has 96 valence electrons. The summed E-state index contributed by atoms with van der Waals surface area (Å²) < 4.78 is 1.01. The summed E-state index contributed by atoms with van der Waals surface area (Å²) in [6.07, 6.45) is 1.75. The molecule has 1 aromatic carbocycles. The lowest BCUT2D eigenvalue weighted by atomic mass is 9.88. The van der Waals surface area contributed by atoms with Gasteiger partial charge < -0.3 is 10.2 Å². The standard InChI is InChI=1S/C14H18BrN3/c1-2-18-9-7-14(11-16,8-10-18)17-13-6-4-3-5-12(13)15/h3-6,17H,2,7-10H2,1H3. The van der Waals surface area contributed by atoms with Gasteiger partial charge in [-0.3, -0.25) is 0 Å². The minimum Gasteiger partial charge on any atom is -0.366 e. The number of halogens is 1. The smallest absolute Gasteiger partial charge is 0.127 e. The van der Waals surface area contributed by atoms with E-state index in [1.807, 2.05) is 24.3 Å². The third-order valence-corrected chi connectivity index (χ3v) is 4.31. The second kappa shape index (κ2) is 5.73. The summed E-state index contributed by atoms with van der Waals surface area (Å²) in [5.74, 6) is 0. The van der Waals surface area contributed by atoms with Crippen molar-refractivity contribution in [2.75, 3.05) is 25.0 Å². The molecule has 0 spiro atoms. The molecule has 18 heavy (non-hydrogen) atoms. The fourth-order valence-electron chi connectivity index (χ4n) is 2.34. The first-order valence-electron chi connectivity index (χ1n) is 6.35. The zero-order chi connectivity index (χ0) is 13.0. The Morgan fingerprint density at radius 3 is 2.61 bits per heavy atom. The van der Waals surface area contributed by atoms with Gasteiger partial charge in [0.05, 0.1) is 6.07 Å². The van der Waals surface area contributed by atoms with E-state index in [0.29, 0.717) is 0 Å². The Bertz CT molecular complexity index is 445. The number of para-hydroxylation sites is 1. The fourth-order valence-corrected chi connectivity index (χ4v) is 2.72. The van der Waals surface area contributed by atoms with Crippen molar-refractivity contribution >= 4 is 21.6 Å². The molecule has 0 atom stereocenters. The number of anilines is 1. The summed E-state index contributed by atoms with van der Waals surface area (Å²) >= 11 is 3.52. The summed E-state index contributed by atoms with van der Waals surface area (Å²) in [6, 6.07) is 10.4. The molecule has 1 aromatic rings. The van der Waals surface area contributed by atoms with Crippen molar-refractivity contribution in [3.8, 4) is 6.07 Å². The van der Waals surface area contributed by atoms with E-state index in [1.54, 1.807) is 0 Å². The van der Waals surface area contributed by atoms with Gasteiger partial charge in [-0.05, 0) is 47.4 Å². The van der Waals surface area contributed by atoms with E-state index >= 15 is 0 Å². The quantitative estimate of drug-likeness (QED) is 0.932. The van der Waals surface area contributed by atoms with Crippen LogP contribution in [-0.2, 0) is 0 Å². The molecule has 1 N–H and O–H groups in total. The number of nitrogens with one attached hydrogen (secondary N) is 1. The minimum absolute atomic E-state index is 0.421. The number of piperidine rings is 1. The van der Waals surface area contributed by atoms with Crippen molar-refractivity contribution in [1.82, 2.24) is 4.90 Å². The maximum absolute atomic E-state index is 9.51. The number of nitrogens with zero attached hydrogens (tertiary/aromatic N) is 2. The minimum atomic E-state index is -0.421. The molecular formula is C14H18BrN3. The van der Waals surface area contributed by atoms with Crippen LogP contribution in [0.15, 0.2) is 28.7 Å². The lowest BCUT2D eigenvalue weighted by Crippen LogP contribution is -2.48. The van der Waals surface area contributed by atoms with Gasteiger partial charge in [0.15, 0.2) is 0 Å². The predicted octanol–water partition coefficient (Wildman–Crippen LogP) is 3.24. The van der Waals surface area contributed by atoms with Crippen LogP contribution in [0.3, 0.4) is 0 Å². The molecule has 0 saturated carbocycles. The predicted molar refractivity (Wildman–Crippen MR) is 77.5 cm³/mol. The van der Waals surface area contributed by atoms with Gasteiger partial charge in [-0.25, -0.2) is 0 Å². The maximum Gasteiger partial charge on any atom is 0.127 e. The molecule has 4 heteroatoms. The van der Waals surface area contributed by atoms with Crippen LogP contribution in [0.2, 0.25) is 0 Å². The Morgan fingerprint density at radius 2 is 2.06 bits per heavy atom. The number of likely N-dealkylation sites (tertiary alicyclic amines) is 1. The number of hydrogen-bond acceptors (Lipinski definition) is 3. The van der Waals surface area contributed by atoms with Gasteiger partial charge in [0.25, 0.3) is 0 Å². The highest BCUT2D eigenvalue weighted by molar-refractivity contribution is 9.10. The molecule has 0 aromatic heterocycles. The molecular weight excluding hydrogens is 290 g/mol. The van der Waals surface area contributed by atoms with Crippen molar-refractivity contribution < 1.29 is 0 Å². The largest absolute Gasteiger partial charge is 0.366 e. The average Bonchev–Trinajstić information content (AvgIpc) is 2.42. The average molecular weight is 308 g/mol. The molecule has 2 rings (SSSR count). The molecule has 0 unspecified atom stereocenters. The van der Waals surface area contributed by atoms with Crippen LogP contribution in [-0.4, -0.2) is 30.1 Å². The lowest BCUT2D eigenvalue weighted by Gasteiger charge is -2.38. The Kier molecular flexibility index (Phi) is 4.26. The highest BCUT2D eigenvalue weighted by atomic mass is 79.9. The van der Waals surface area contributed by atoms with Crippen LogP contribution in [0.5, 0.6) is 0 Å². The number of hydrogen-bond donors (Lipinski definition) is 1. The van der Waals surface area contributed by atoms with Crippen molar-refractivity contribution in [2.45, 2.75) is 25.3 Å². The van der Waals surface area contributed by atoms with Gasteiger partial charge in [-0.1, -0.05) is 19.1 Å². The van der Waals surface area contributed by atoms with Crippen LogP contribution in [0.4, 0.5) is 5.69 Å². The molecule has 0 amide bonds. The van der Waals surface area contributed by atoms with Crippen LogP contribution in [0.25, 0.3) is 0 Å². The molecule has 1 fully saturated rings. The van der Waals surface area contributed by atoms with Crippen LogP contribution < -0.4 is 5.32 Å². The highest BCUT2D eigenvalue weighted by Gasteiger charge is 2.34. The highest BCUT2D eigenvalue weighted by Crippen LogP contribution is 2.30. The second-order valence-electron chi connectivity index (χ2n) is 4.73. The molecule has 1 heterocycles. The molecule has 0 bridgehead atoms. The normalized spacial score (nSPS) is 19.2. The first-order valence-corrected chi connectivity index (χ1v) is 7.15. The number of nitriles is 1. The molecule has 1 aliphatic heterocycles. The molecule has 0 aliphatic carbocycles. The van der Waals surface area contributed by atoms with Gasteiger partial charge in [-0.15, -0.1) is 0 Å². The van der Waals surface area contributed by atoms with E-state index in [1.165, 1.54) is 0 Å². The second-order valence-corrected chi connectivity index (χ2v) is 5.59. The van der Waals surface area contributed by atoms with Crippen molar-refractivity contribution in [1.29, 1.82) is 5.26 Å². The van der Waals surface area contributed by atoms with E-state index in [-0.39, 0.29) is 0 Å². The zero-order valence-electron chi connectivity index (χ0n) is 10.6. The van der Waals surface area contributed by atoms with Gasteiger partial charge >= 0.3 is 0 Å². The number of benzene rings is 1. The van der Waals surface area contributed by atoms with Gasteiger partial charge in [0, 0.05) is 23.2 Å². The van der Waals surface area contributed by atoms with Crippen molar-refractivity contribution in [3.05, 3.63) is 28.7 Å². The van der Waals surface area contributed by atoms with Crippen LogP contribution >= 0.6 is 15.9 Å². The first kappa shape index (κ1) is 13.4. The Labute approximate surface area is 117 Å². The fraction of sp³-hybridized carbons (Fsp3) is 0.500. The summed E-state index contributed by atoms with van der Waals surface area (Å²) in [4.78, 5) is 2.39. The third kappa shape index (κ3) is 2.85. The molecule has 0 radical (unpaired) electrons. The van der Waals surface area contributed by atoms with Gasteiger partial charge in [0.1, 0.15) is 5.54 Å². The van der Waals surface area contributed by atoms with Gasteiger partial charge in [-0.2, -0.15) is 5.26 Å². The topological polar surface area (TPSA) is 39.1 Å². The van der Waals surface area contributed by atoms with E-state index in [9.17, 15) is 5.26 Å². The zero-order valence-corrected chi connectivity index (χ0v) is 12.2. The monoisotopic (exact) mass is 307 g/mol. The summed E-state index contributed by atoms with van der Waals surface area (Å²) in [6.45, 7) is 5.21. The Hall–Kier alpha value is -1.05. The lowest BCUT2D eigenvalue weighted by molar-refractivity contribution is 0.206. The van der Waals surface area contributed by atoms with Crippen LogP contribution in [0, 0.1) is 11.3 Å². The van der Waals surface area contributed by atoms with Crippen molar-refractivity contribution in [2.24, 2.45) is 0 Å². The van der Waals surface area contributed by atoms with E-state index in [4.69, 9.17) is 0 Å². The molecule has 1 aliphatic rings. The SMILES string of the molecule is CCN1CCC(C#N)(Nc2ccccc2Br)CC1. The summed E-state index contributed by atoms with van der Waals surface area (Å²) in [7, 11) is 0. The van der Waals surface area contributed by atoms with E-state index < -0.39 is 5.54 Å². The van der Waals surface area contributed by atoms with Crippen LogP contribution in [0.1, 0.15) is 19.8 Å². The maximum atomic E-state index is 9.51. The summed E-state index contributed by atoms with van der Waals surface area (Å²) in [5, 5.41) is 12.9. The Morgan fingerprint density at radius 1 is 1.39 bits per heavy atom. The molecule has 1 saturated heterocycles. The first-order chi connectivity index (χ1) is 8.69. The van der Waals surface area contributed by atoms with Gasteiger partial charge in [0.2, 0.25) is 0 Å².